The first kappa shape index (κ1) is 11.5. The third-order valence-electron chi connectivity index (χ3n) is 2.07. The van der Waals surface area contributed by atoms with Crippen LogP contribution < -0.4 is 10.1 Å². The van der Waals surface area contributed by atoms with Crippen LogP contribution >= 0.6 is 0 Å². The maximum atomic E-state index is 11.8. The molecule has 1 heterocycles. The van der Waals surface area contributed by atoms with Crippen LogP contribution in [0.5, 0.6) is 5.75 Å². The summed E-state index contributed by atoms with van der Waals surface area (Å²) < 4.78 is 10.7. The minimum Gasteiger partial charge on any atom is -0.454 e. The van der Waals surface area contributed by atoms with Gasteiger partial charge in [0, 0.05) is 0 Å². The van der Waals surface area contributed by atoms with Gasteiger partial charge in [-0.1, -0.05) is 12.1 Å². The highest BCUT2D eigenvalue weighted by atomic mass is 16.6. The molecule has 1 aromatic carbocycles. The zero-order valence-corrected chi connectivity index (χ0v) is 10.1. The van der Waals surface area contributed by atoms with Gasteiger partial charge in [0.2, 0.25) is 5.76 Å². The minimum atomic E-state index is -0.530. The van der Waals surface area contributed by atoms with Crippen LogP contribution in [0.2, 0.25) is 0 Å². The largest absolute Gasteiger partial charge is 0.454 e. The molecule has 0 aromatic heterocycles. The third-order valence-corrected chi connectivity index (χ3v) is 2.07. The van der Waals surface area contributed by atoms with Gasteiger partial charge >= 0.3 is 5.97 Å². The van der Waals surface area contributed by atoms with E-state index in [1.807, 2.05) is 39.0 Å². The number of hydrogen-bond donors (Lipinski definition) is 1. The number of benzene rings is 1. The van der Waals surface area contributed by atoms with Gasteiger partial charge in [-0.05, 0) is 32.9 Å². The molecule has 0 amide bonds. The Balaban J connectivity index is 2.12. The van der Waals surface area contributed by atoms with E-state index >= 15 is 0 Å². The normalized spacial score (nSPS) is 13.9. The molecule has 0 bridgehead atoms. The molecule has 0 saturated heterocycles. The Kier molecular flexibility index (Phi) is 2.79. The first-order valence-corrected chi connectivity index (χ1v) is 5.43. The maximum absolute atomic E-state index is 11.8. The van der Waals surface area contributed by atoms with Gasteiger partial charge in [-0.25, -0.2) is 4.79 Å². The van der Waals surface area contributed by atoms with Gasteiger partial charge in [0.25, 0.3) is 0 Å². The Bertz CT molecular complexity index is 472. The van der Waals surface area contributed by atoms with Crippen LogP contribution in [0.3, 0.4) is 0 Å². The van der Waals surface area contributed by atoms with Gasteiger partial charge in [-0.2, -0.15) is 0 Å². The summed E-state index contributed by atoms with van der Waals surface area (Å²) in [5.74, 6) is 0.314. The molecule has 0 radical (unpaired) electrons. The molecule has 1 aliphatic rings. The summed E-state index contributed by atoms with van der Waals surface area (Å²) in [4.78, 5) is 11.8. The van der Waals surface area contributed by atoms with Crippen molar-refractivity contribution in [2.45, 2.75) is 26.4 Å². The van der Waals surface area contributed by atoms with Crippen LogP contribution in [-0.4, -0.2) is 11.6 Å². The van der Waals surface area contributed by atoms with Crippen molar-refractivity contribution in [3.63, 3.8) is 0 Å². The third kappa shape index (κ3) is 2.78. The number of fused-ring (bicyclic) bond motifs is 1. The van der Waals surface area contributed by atoms with Gasteiger partial charge in [0.15, 0.2) is 5.75 Å². The Morgan fingerprint density at radius 2 is 2.00 bits per heavy atom. The fourth-order valence-electron chi connectivity index (χ4n) is 1.40. The Morgan fingerprint density at radius 3 is 2.71 bits per heavy atom. The van der Waals surface area contributed by atoms with Crippen LogP contribution in [0.25, 0.3) is 0 Å². The van der Waals surface area contributed by atoms with Crippen molar-refractivity contribution >= 4 is 11.7 Å². The highest BCUT2D eigenvalue weighted by Gasteiger charge is 2.24. The maximum Gasteiger partial charge on any atom is 0.376 e. The van der Waals surface area contributed by atoms with Crippen molar-refractivity contribution in [3.05, 3.63) is 36.2 Å². The van der Waals surface area contributed by atoms with E-state index in [4.69, 9.17) is 9.47 Å². The van der Waals surface area contributed by atoms with Crippen molar-refractivity contribution in [1.82, 2.24) is 0 Å². The van der Waals surface area contributed by atoms with E-state index < -0.39 is 11.6 Å². The second-order valence-electron chi connectivity index (χ2n) is 4.75. The number of esters is 1. The number of hydrogen-bond acceptors (Lipinski definition) is 4. The van der Waals surface area contributed by atoms with E-state index in [0.29, 0.717) is 5.75 Å². The molecule has 0 aliphatic carbocycles. The molecule has 1 N–H and O–H groups in total. The van der Waals surface area contributed by atoms with Crippen molar-refractivity contribution in [2.24, 2.45) is 0 Å². The number of rotatable bonds is 1. The monoisotopic (exact) mass is 233 g/mol. The average molecular weight is 233 g/mol. The zero-order chi connectivity index (χ0) is 12.5. The molecule has 0 fully saturated rings. The SMILES string of the molecule is CC(C)(C)OC(=O)C1=CNc2ccccc2O1. The van der Waals surface area contributed by atoms with Crippen molar-refractivity contribution < 1.29 is 14.3 Å². The first-order chi connectivity index (χ1) is 7.96. The number of para-hydroxylation sites is 2. The lowest BCUT2D eigenvalue weighted by Gasteiger charge is -2.23. The smallest absolute Gasteiger partial charge is 0.376 e. The summed E-state index contributed by atoms with van der Waals surface area (Å²) >= 11 is 0. The molecule has 0 unspecified atom stereocenters. The molecule has 1 aliphatic heterocycles. The second kappa shape index (κ2) is 4.13. The van der Waals surface area contributed by atoms with Gasteiger partial charge in [-0.15, -0.1) is 0 Å². The molecule has 4 heteroatoms. The van der Waals surface area contributed by atoms with Crippen LogP contribution in [0.4, 0.5) is 5.69 Å². The van der Waals surface area contributed by atoms with Gasteiger partial charge < -0.3 is 14.8 Å². The summed E-state index contributed by atoms with van der Waals surface area (Å²) in [5, 5.41) is 2.99. The second-order valence-corrected chi connectivity index (χ2v) is 4.75. The molecular weight excluding hydrogens is 218 g/mol. The first-order valence-electron chi connectivity index (χ1n) is 5.43. The lowest BCUT2D eigenvalue weighted by atomic mass is 10.2. The van der Waals surface area contributed by atoms with Crippen molar-refractivity contribution in [1.29, 1.82) is 0 Å². The van der Waals surface area contributed by atoms with Crippen LogP contribution in [0, 0.1) is 0 Å². The standard InChI is InChI=1S/C13H15NO3/c1-13(2,3)17-12(15)11-8-14-9-6-4-5-7-10(9)16-11/h4-8,14H,1-3H3. The highest BCUT2D eigenvalue weighted by Crippen LogP contribution is 2.29. The molecule has 90 valence electrons. The van der Waals surface area contributed by atoms with E-state index in [2.05, 4.69) is 5.32 Å². The number of nitrogens with one attached hydrogen (secondary N) is 1. The lowest BCUT2D eigenvalue weighted by Crippen LogP contribution is -2.27. The summed E-state index contributed by atoms with van der Waals surface area (Å²) in [6, 6.07) is 7.40. The van der Waals surface area contributed by atoms with E-state index in [-0.39, 0.29) is 5.76 Å². The van der Waals surface area contributed by atoms with Crippen LogP contribution in [0.15, 0.2) is 36.2 Å². The highest BCUT2D eigenvalue weighted by molar-refractivity contribution is 5.88. The minimum absolute atomic E-state index is 0.165. The molecular formula is C13H15NO3. The van der Waals surface area contributed by atoms with E-state index in [1.54, 1.807) is 6.07 Å². The summed E-state index contributed by atoms with van der Waals surface area (Å²) in [6.07, 6.45) is 1.51. The molecule has 1 aromatic rings. The van der Waals surface area contributed by atoms with Crippen molar-refractivity contribution in [2.75, 3.05) is 5.32 Å². The van der Waals surface area contributed by atoms with E-state index in [9.17, 15) is 4.79 Å². The number of ether oxygens (including phenoxy) is 2. The topological polar surface area (TPSA) is 47.6 Å². The summed E-state index contributed by atoms with van der Waals surface area (Å²) in [5.41, 5.74) is 0.304. The Morgan fingerprint density at radius 1 is 1.29 bits per heavy atom. The predicted octanol–water partition coefficient (Wildman–Crippen LogP) is 2.67. The summed E-state index contributed by atoms with van der Waals surface area (Å²) in [7, 11) is 0. The van der Waals surface area contributed by atoms with E-state index in [1.165, 1.54) is 6.20 Å². The fourth-order valence-corrected chi connectivity index (χ4v) is 1.40. The Hall–Kier alpha value is -1.97. The molecule has 17 heavy (non-hydrogen) atoms. The summed E-state index contributed by atoms with van der Waals surface area (Å²) in [6.45, 7) is 5.45. The molecule has 0 spiro atoms. The van der Waals surface area contributed by atoms with E-state index in [0.717, 1.165) is 5.69 Å². The van der Waals surface area contributed by atoms with Gasteiger partial charge in [0.1, 0.15) is 5.60 Å². The van der Waals surface area contributed by atoms with Crippen molar-refractivity contribution in [3.8, 4) is 5.75 Å². The quantitative estimate of drug-likeness (QED) is 0.757. The number of carbonyl (C=O) groups is 1. The molecule has 2 rings (SSSR count). The van der Waals surface area contributed by atoms with Crippen LogP contribution in [-0.2, 0) is 9.53 Å². The molecule has 4 nitrogen and oxygen atoms in total. The number of carbonyl (C=O) groups excluding carboxylic acids is 1. The fraction of sp³-hybridized carbons (Fsp3) is 0.308. The van der Waals surface area contributed by atoms with Crippen LogP contribution in [0.1, 0.15) is 20.8 Å². The average Bonchev–Trinajstić information content (AvgIpc) is 2.26. The Labute approximate surface area is 100 Å². The van der Waals surface area contributed by atoms with Gasteiger partial charge in [-0.3, -0.25) is 0 Å². The number of anilines is 1. The predicted molar refractivity (Wildman–Crippen MR) is 64.6 cm³/mol. The lowest BCUT2D eigenvalue weighted by molar-refractivity contribution is -0.152. The molecule has 0 saturated carbocycles. The van der Waals surface area contributed by atoms with Gasteiger partial charge in [0.05, 0.1) is 11.9 Å². The zero-order valence-electron chi connectivity index (χ0n) is 10.1. The molecule has 0 atom stereocenters.